The van der Waals surface area contributed by atoms with E-state index in [4.69, 9.17) is 9.47 Å². The van der Waals surface area contributed by atoms with Crippen molar-refractivity contribution in [1.82, 2.24) is 10.2 Å². The van der Waals surface area contributed by atoms with Crippen LogP contribution < -0.4 is 10.6 Å². The lowest BCUT2D eigenvalue weighted by atomic mass is 9.70. The van der Waals surface area contributed by atoms with Gasteiger partial charge < -0.3 is 25.0 Å². The molecule has 2 spiro atoms. The van der Waals surface area contributed by atoms with Crippen LogP contribution in [0.15, 0.2) is 24.3 Å². The van der Waals surface area contributed by atoms with Gasteiger partial charge in [0.1, 0.15) is 0 Å². The van der Waals surface area contributed by atoms with E-state index in [0.29, 0.717) is 45.1 Å². The minimum absolute atomic E-state index is 0.168. The van der Waals surface area contributed by atoms with Crippen LogP contribution in [0.1, 0.15) is 38.2 Å². The normalized spacial score (nSPS) is 22.9. The van der Waals surface area contributed by atoms with Crippen molar-refractivity contribution in [3.63, 3.8) is 0 Å². The lowest BCUT2D eigenvalue weighted by Crippen LogP contribution is -2.75. The molecule has 3 aliphatic heterocycles. The standard InChI is InChI=1S/C19H25N3O4/c1-13(2)14-3-5-15(6-4-14)20-16(23)22-11-19(12-22)18(21-17(24)26-19)7-9-25-10-8-18/h3-6,13H,7-12H2,1-2H3,(H,20,23)(H,21,24). The Morgan fingerprint density at radius 3 is 2.46 bits per heavy atom. The molecule has 0 radical (unpaired) electrons. The van der Waals surface area contributed by atoms with Gasteiger partial charge in [0, 0.05) is 18.9 Å². The van der Waals surface area contributed by atoms with Gasteiger partial charge in [0.25, 0.3) is 0 Å². The topological polar surface area (TPSA) is 79.9 Å². The van der Waals surface area contributed by atoms with E-state index in [0.717, 1.165) is 5.69 Å². The third kappa shape index (κ3) is 2.70. The fourth-order valence-corrected chi connectivity index (χ4v) is 4.15. The van der Waals surface area contributed by atoms with Crippen molar-refractivity contribution in [2.24, 2.45) is 0 Å². The zero-order valence-electron chi connectivity index (χ0n) is 15.2. The molecule has 3 saturated heterocycles. The molecule has 0 saturated carbocycles. The van der Waals surface area contributed by atoms with Gasteiger partial charge in [-0.15, -0.1) is 0 Å². The molecule has 0 unspecified atom stereocenters. The average Bonchev–Trinajstić information content (AvgIpc) is 2.86. The zero-order chi connectivity index (χ0) is 18.4. The maximum atomic E-state index is 12.5. The van der Waals surface area contributed by atoms with Crippen molar-refractivity contribution in [3.05, 3.63) is 29.8 Å². The zero-order valence-corrected chi connectivity index (χ0v) is 15.2. The Hall–Kier alpha value is -2.28. The highest BCUT2D eigenvalue weighted by atomic mass is 16.6. The number of carbonyl (C=O) groups is 2. The van der Waals surface area contributed by atoms with Gasteiger partial charge in [-0.1, -0.05) is 26.0 Å². The number of fused-ring (bicyclic) bond motifs is 1. The Morgan fingerprint density at radius 2 is 1.85 bits per heavy atom. The number of nitrogens with zero attached hydrogens (tertiary/aromatic N) is 1. The van der Waals surface area contributed by atoms with Gasteiger partial charge in [-0.2, -0.15) is 0 Å². The Labute approximate surface area is 153 Å². The van der Waals surface area contributed by atoms with E-state index in [1.165, 1.54) is 5.56 Å². The van der Waals surface area contributed by atoms with Crippen LogP contribution >= 0.6 is 0 Å². The van der Waals surface area contributed by atoms with Crippen LogP contribution in [-0.4, -0.2) is 54.5 Å². The fourth-order valence-electron chi connectivity index (χ4n) is 4.15. The summed E-state index contributed by atoms with van der Waals surface area (Å²) in [6, 6.07) is 7.72. The average molecular weight is 359 g/mol. The molecule has 7 heteroatoms. The first-order valence-electron chi connectivity index (χ1n) is 9.18. The summed E-state index contributed by atoms with van der Waals surface area (Å²) in [7, 11) is 0. The molecule has 1 aromatic rings. The number of carbonyl (C=O) groups excluding carboxylic acids is 2. The smallest absolute Gasteiger partial charge is 0.408 e. The highest BCUT2D eigenvalue weighted by Gasteiger charge is 2.67. The Bertz CT molecular complexity index is 704. The van der Waals surface area contributed by atoms with Gasteiger partial charge in [0.05, 0.1) is 18.6 Å². The van der Waals surface area contributed by atoms with E-state index in [1.54, 1.807) is 4.90 Å². The van der Waals surface area contributed by atoms with Gasteiger partial charge in [0.15, 0.2) is 5.60 Å². The van der Waals surface area contributed by atoms with Crippen molar-refractivity contribution in [3.8, 4) is 0 Å². The van der Waals surface area contributed by atoms with E-state index >= 15 is 0 Å². The first kappa shape index (κ1) is 17.1. The molecular formula is C19H25N3O4. The summed E-state index contributed by atoms with van der Waals surface area (Å²) < 4.78 is 11.1. The Morgan fingerprint density at radius 1 is 1.19 bits per heavy atom. The van der Waals surface area contributed by atoms with Crippen LogP contribution in [0, 0.1) is 0 Å². The number of hydrogen-bond donors (Lipinski definition) is 2. The van der Waals surface area contributed by atoms with Crippen LogP contribution in [-0.2, 0) is 9.47 Å². The SMILES string of the molecule is CC(C)c1ccc(NC(=O)N2CC3(C2)OC(=O)NC32CCOCC2)cc1. The Kier molecular flexibility index (Phi) is 4.06. The quantitative estimate of drug-likeness (QED) is 0.851. The molecule has 7 nitrogen and oxygen atoms in total. The molecule has 0 aliphatic carbocycles. The number of hydrogen-bond acceptors (Lipinski definition) is 4. The molecule has 4 rings (SSSR count). The van der Waals surface area contributed by atoms with Crippen LogP contribution in [0.4, 0.5) is 15.3 Å². The molecule has 0 bridgehead atoms. The molecular weight excluding hydrogens is 334 g/mol. The predicted octanol–water partition coefficient (Wildman–Crippen LogP) is 2.69. The minimum Gasteiger partial charge on any atom is -0.437 e. The molecule has 0 aromatic heterocycles. The third-order valence-corrected chi connectivity index (χ3v) is 5.86. The van der Waals surface area contributed by atoms with Crippen molar-refractivity contribution < 1.29 is 19.1 Å². The summed E-state index contributed by atoms with van der Waals surface area (Å²) >= 11 is 0. The second-order valence-corrected chi connectivity index (χ2v) is 7.77. The van der Waals surface area contributed by atoms with Gasteiger partial charge in [-0.3, -0.25) is 0 Å². The molecule has 3 fully saturated rings. The molecule has 3 heterocycles. The van der Waals surface area contributed by atoms with E-state index in [-0.39, 0.29) is 6.03 Å². The number of alkyl carbamates (subject to hydrolysis) is 1. The lowest BCUT2D eigenvalue weighted by Gasteiger charge is -2.54. The summed E-state index contributed by atoms with van der Waals surface area (Å²) in [5, 5.41) is 5.91. The number of anilines is 1. The van der Waals surface area contributed by atoms with Crippen LogP contribution in [0.25, 0.3) is 0 Å². The van der Waals surface area contributed by atoms with Gasteiger partial charge in [-0.05, 0) is 36.5 Å². The monoisotopic (exact) mass is 359 g/mol. The molecule has 1 aromatic carbocycles. The summed E-state index contributed by atoms with van der Waals surface area (Å²) in [6.45, 7) is 6.27. The second kappa shape index (κ2) is 6.16. The van der Waals surface area contributed by atoms with E-state index in [2.05, 4.69) is 24.5 Å². The van der Waals surface area contributed by atoms with Crippen molar-refractivity contribution >= 4 is 17.8 Å². The molecule has 2 N–H and O–H groups in total. The first-order valence-corrected chi connectivity index (χ1v) is 9.18. The summed E-state index contributed by atoms with van der Waals surface area (Å²) in [4.78, 5) is 26.1. The largest absolute Gasteiger partial charge is 0.437 e. The molecule has 3 amide bonds. The maximum absolute atomic E-state index is 12.5. The highest BCUT2D eigenvalue weighted by molar-refractivity contribution is 5.90. The Balaban J connectivity index is 1.40. The van der Waals surface area contributed by atoms with Crippen LogP contribution in [0.2, 0.25) is 0 Å². The summed E-state index contributed by atoms with van der Waals surface area (Å²) in [5.74, 6) is 0.454. The lowest BCUT2D eigenvalue weighted by molar-refractivity contribution is -0.122. The van der Waals surface area contributed by atoms with E-state index in [1.807, 2.05) is 24.3 Å². The summed E-state index contributed by atoms with van der Waals surface area (Å²) in [5.41, 5.74) is 0.948. The number of urea groups is 1. The first-order chi connectivity index (χ1) is 12.4. The number of nitrogens with one attached hydrogen (secondary N) is 2. The second-order valence-electron chi connectivity index (χ2n) is 7.77. The molecule has 140 valence electrons. The van der Waals surface area contributed by atoms with Crippen LogP contribution in [0.3, 0.4) is 0 Å². The number of ether oxygens (including phenoxy) is 2. The molecule has 26 heavy (non-hydrogen) atoms. The fraction of sp³-hybridized carbons (Fsp3) is 0.579. The van der Waals surface area contributed by atoms with Gasteiger partial charge in [0.2, 0.25) is 0 Å². The van der Waals surface area contributed by atoms with Gasteiger partial charge >= 0.3 is 12.1 Å². The number of amides is 3. The van der Waals surface area contributed by atoms with Gasteiger partial charge in [-0.25, -0.2) is 9.59 Å². The number of rotatable bonds is 2. The highest BCUT2D eigenvalue weighted by Crippen LogP contribution is 2.45. The molecule has 3 aliphatic rings. The third-order valence-electron chi connectivity index (χ3n) is 5.86. The number of benzene rings is 1. The number of likely N-dealkylation sites (tertiary alicyclic amines) is 1. The van der Waals surface area contributed by atoms with Crippen LogP contribution in [0.5, 0.6) is 0 Å². The summed E-state index contributed by atoms with van der Waals surface area (Å²) in [6.07, 6.45) is 1.03. The van der Waals surface area contributed by atoms with E-state index in [9.17, 15) is 9.59 Å². The predicted molar refractivity (Wildman–Crippen MR) is 96.3 cm³/mol. The minimum atomic E-state index is -0.632. The molecule has 0 atom stereocenters. The van der Waals surface area contributed by atoms with Crippen molar-refractivity contribution in [1.29, 1.82) is 0 Å². The van der Waals surface area contributed by atoms with Crippen molar-refractivity contribution in [2.75, 3.05) is 31.6 Å². The maximum Gasteiger partial charge on any atom is 0.408 e. The van der Waals surface area contributed by atoms with E-state index < -0.39 is 17.2 Å². The van der Waals surface area contributed by atoms with Crippen molar-refractivity contribution in [2.45, 2.75) is 43.7 Å².